The van der Waals surface area contributed by atoms with Gasteiger partial charge in [-0.1, -0.05) is 164 Å². The number of allylic oxidation sites excluding steroid dienone is 8. The summed E-state index contributed by atoms with van der Waals surface area (Å²) in [5.41, 5.74) is 1.24. The normalized spacial score (nSPS) is 33.4. The lowest BCUT2D eigenvalue weighted by Gasteiger charge is -2.42. The van der Waals surface area contributed by atoms with Gasteiger partial charge in [0, 0.05) is 62.4 Å². The molecule has 4 aliphatic rings. The molecular formula is C69H110INO15. The van der Waals surface area contributed by atoms with Gasteiger partial charge < -0.3 is 48.3 Å². The number of aliphatic hydroxyl groups excluding tert-OH is 1. The van der Waals surface area contributed by atoms with Gasteiger partial charge in [-0.15, -0.1) is 0 Å². The molecule has 0 aromatic carbocycles. The second kappa shape index (κ2) is 40.2. The first-order chi connectivity index (χ1) is 41.2. The van der Waals surface area contributed by atoms with Crippen molar-refractivity contribution in [2.24, 2.45) is 29.6 Å². The van der Waals surface area contributed by atoms with E-state index >= 15 is 0 Å². The molecule has 3 heterocycles. The van der Waals surface area contributed by atoms with Crippen LogP contribution in [-0.2, 0) is 57.1 Å². The number of ketones is 3. The summed E-state index contributed by atoms with van der Waals surface area (Å²) in [5, 5.41) is 23.7. The maximum absolute atomic E-state index is 14.7. The Kier molecular flexibility index (Phi) is 35.0. The topological polar surface area (TPSA) is 211 Å². The van der Waals surface area contributed by atoms with Crippen LogP contribution in [0.15, 0.2) is 59.8 Å². The zero-order chi connectivity index (χ0) is 63.2. The third-order valence-electron chi connectivity index (χ3n) is 18.2. The maximum atomic E-state index is 14.7. The minimum Gasteiger partial charge on any atom is -0.459 e. The van der Waals surface area contributed by atoms with Crippen molar-refractivity contribution in [1.82, 2.24) is 4.90 Å². The number of cyclic esters (lactones) is 1. The van der Waals surface area contributed by atoms with Crippen molar-refractivity contribution in [2.45, 2.75) is 274 Å². The Labute approximate surface area is 529 Å². The number of aliphatic hydroxyl groups is 2. The van der Waals surface area contributed by atoms with E-state index in [1.807, 2.05) is 51.2 Å². The van der Waals surface area contributed by atoms with Crippen molar-refractivity contribution in [1.29, 1.82) is 0 Å². The SMILES string of the molecule is CCCCCCCC/C=C\CCCCCCCCOC(=O)O[C@@H]1CC[C@@H](C[C@@H](I)[C@@H]2CC(=O)[C@H](C)/C=C(\C)[C@@H](O)[C@@H](OC)C(=O)[C@H](C)C[C@H](C)/C=C/C=C/C=C(\C)[C@@H](OC)C[C@@H]3CC[C@@H](C)[C@@](O)(O3)C(=O)C(=O)N3CCCC[C@H]3C(=O)O2)C[C@H]1OC. The molecule has 3 fully saturated rings. The Hall–Kier alpha value is -3.59. The van der Waals surface area contributed by atoms with E-state index in [1.54, 1.807) is 41.1 Å². The van der Waals surface area contributed by atoms with Gasteiger partial charge >= 0.3 is 12.1 Å². The van der Waals surface area contributed by atoms with Gasteiger partial charge in [0.05, 0.1) is 24.9 Å². The molecule has 86 heavy (non-hydrogen) atoms. The molecule has 1 saturated carbocycles. The van der Waals surface area contributed by atoms with Crippen molar-refractivity contribution in [3.8, 4) is 0 Å². The summed E-state index contributed by atoms with van der Waals surface area (Å²) in [5.74, 6) is -7.94. The molecule has 0 unspecified atom stereocenters. The molecule has 2 bridgehead atoms. The third kappa shape index (κ3) is 24.7. The Morgan fingerprint density at radius 1 is 0.779 bits per heavy atom. The number of carbonyl (C=O) groups excluding carboxylic acids is 6. The van der Waals surface area contributed by atoms with E-state index in [9.17, 15) is 39.0 Å². The lowest BCUT2D eigenvalue weighted by molar-refractivity contribution is -0.265. The molecule has 17 heteroatoms. The summed E-state index contributed by atoms with van der Waals surface area (Å²) >= 11 is 2.22. The number of piperidine rings is 1. The lowest BCUT2D eigenvalue weighted by Crippen LogP contribution is -2.61. The number of carbonyl (C=O) groups is 6. The summed E-state index contributed by atoms with van der Waals surface area (Å²) in [6.07, 6.45) is 31.2. The van der Waals surface area contributed by atoms with Crippen molar-refractivity contribution in [2.75, 3.05) is 34.5 Å². The summed E-state index contributed by atoms with van der Waals surface area (Å²) in [6, 6.07) is -1.18. The first-order valence-electron chi connectivity index (χ1n) is 32.8. The number of Topliss-reactive ketones (excluding diaryl/α,β-unsaturated/α-hetero) is 3. The monoisotopic (exact) mass is 1320 g/mol. The van der Waals surface area contributed by atoms with Crippen LogP contribution in [-0.4, -0.2) is 143 Å². The number of halogens is 1. The fourth-order valence-electron chi connectivity index (χ4n) is 12.6. The number of methoxy groups -OCH3 is 3. The minimum atomic E-state index is -2.46. The molecule has 16 nitrogen and oxygen atoms in total. The highest BCUT2D eigenvalue weighted by Gasteiger charge is 2.53. The number of alkyl halides is 1. The average Bonchev–Trinajstić information content (AvgIpc) is 1.46. The number of fused-ring (bicyclic) bond motifs is 3. The first kappa shape index (κ1) is 74.9. The van der Waals surface area contributed by atoms with Gasteiger partial charge in [-0.2, -0.15) is 0 Å². The molecule has 2 N–H and O–H groups in total. The number of hydrogen-bond donors (Lipinski definition) is 2. The standard InChI is InChI=1S/C69H110INO15/c1-11-12-13-14-15-16-17-18-19-20-21-22-23-24-25-31-40-83-68(78)85-58-38-36-53(44-61(58)81-9)43-55(70)60-46-57(72)49(4)42-51(6)63(74)64(82-10)62(73)50(5)41-47(2)32-27-26-28-33-48(3)59(80-8)45-54-37-35-52(7)69(79,86-54)65(75)66(76)71-39-30-29-34-56(71)67(77)84-60/h18-19,26-28,32-33,42,47,49-50,52-56,58-61,63-64,74,79H,11-17,20-25,29-31,34-41,43-46H2,1-10H3/b19-18-,28-26+,32-27+,48-33+,51-42+/t47-,49-,50-,52-,53+,54+,55-,56+,58-,59+,60+,61-,63-,64+,69-/m1/s1. The fourth-order valence-corrected chi connectivity index (χ4v) is 13.7. The molecule has 0 aromatic rings. The predicted molar refractivity (Wildman–Crippen MR) is 343 cm³/mol. The number of hydrogen-bond acceptors (Lipinski definition) is 15. The Bertz CT molecular complexity index is 2250. The third-order valence-corrected chi connectivity index (χ3v) is 19.5. The van der Waals surface area contributed by atoms with Crippen LogP contribution < -0.4 is 0 Å². The quantitative estimate of drug-likeness (QED) is 0.0243. The Balaban J connectivity index is 1.47. The number of esters is 1. The van der Waals surface area contributed by atoms with Gasteiger partial charge in [0.1, 0.15) is 36.2 Å². The van der Waals surface area contributed by atoms with Crippen LogP contribution in [0.25, 0.3) is 0 Å². The second-order valence-corrected chi connectivity index (χ2v) is 26.9. The van der Waals surface area contributed by atoms with Crippen LogP contribution >= 0.6 is 22.6 Å². The molecule has 0 spiro atoms. The summed E-state index contributed by atoms with van der Waals surface area (Å²) < 4.78 is 40.9. The molecule has 1 amide bonds. The van der Waals surface area contributed by atoms with E-state index < -0.39 is 100 Å². The number of nitrogens with zero attached hydrogens (tertiary/aromatic N) is 1. The van der Waals surface area contributed by atoms with Crippen molar-refractivity contribution >= 4 is 58.0 Å². The number of amides is 1. The predicted octanol–water partition coefficient (Wildman–Crippen LogP) is 13.5. The van der Waals surface area contributed by atoms with E-state index in [1.165, 1.54) is 69.8 Å². The summed E-state index contributed by atoms with van der Waals surface area (Å²) in [6.45, 7) is 13.3. The molecule has 1 aliphatic carbocycles. The molecule has 0 radical (unpaired) electrons. The largest absolute Gasteiger partial charge is 0.508 e. The number of rotatable bonds is 23. The van der Waals surface area contributed by atoms with Crippen LogP contribution in [0.2, 0.25) is 0 Å². The molecule has 4 rings (SSSR count). The van der Waals surface area contributed by atoms with Gasteiger partial charge in [0.15, 0.2) is 5.78 Å². The van der Waals surface area contributed by atoms with E-state index in [0.717, 1.165) is 37.7 Å². The number of ether oxygens (including phenoxy) is 7. The van der Waals surface area contributed by atoms with Crippen LogP contribution in [0, 0.1) is 29.6 Å². The fraction of sp³-hybridized carbons (Fsp3) is 0.768. The van der Waals surface area contributed by atoms with Gasteiger partial charge in [0.2, 0.25) is 5.79 Å². The van der Waals surface area contributed by atoms with Gasteiger partial charge in [-0.25, -0.2) is 9.59 Å². The molecule has 0 aromatic heterocycles. The highest BCUT2D eigenvalue weighted by molar-refractivity contribution is 14.1. The maximum Gasteiger partial charge on any atom is 0.508 e. The first-order valence-corrected chi connectivity index (χ1v) is 34.0. The average molecular weight is 1320 g/mol. The Morgan fingerprint density at radius 2 is 1.45 bits per heavy atom. The molecule has 2 saturated heterocycles. The minimum absolute atomic E-state index is 0.00209. The van der Waals surface area contributed by atoms with Gasteiger partial charge in [-0.05, 0) is 133 Å². The zero-order valence-corrected chi connectivity index (χ0v) is 56.2. The van der Waals surface area contributed by atoms with Crippen LogP contribution in [0.5, 0.6) is 0 Å². The Morgan fingerprint density at radius 3 is 2.12 bits per heavy atom. The molecule has 3 aliphatic heterocycles. The van der Waals surface area contributed by atoms with E-state index in [-0.39, 0.29) is 49.4 Å². The van der Waals surface area contributed by atoms with E-state index in [0.29, 0.717) is 69.8 Å². The van der Waals surface area contributed by atoms with Crippen molar-refractivity contribution < 1.29 is 72.1 Å². The lowest BCUT2D eigenvalue weighted by atomic mass is 9.81. The number of unbranched alkanes of at least 4 members (excludes halogenated alkanes) is 12. The van der Waals surface area contributed by atoms with Crippen LogP contribution in [0.4, 0.5) is 4.79 Å². The molecule has 15 atom stereocenters. The van der Waals surface area contributed by atoms with Crippen molar-refractivity contribution in [3.05, 3.63) is 59.8 Å². The zero-order valence-electron chi connectivity index (χ0n) is 54.0. The van der Waals surface area contributed by atoms with Gasteiger partial charge in [-0.3, -0.25) is 19.2 Å². The second-order valence-electron chi connectivity index (χ2n) is 25.3. The smallest absolute Gasteiger partial charge is 0.459 e. The van der Waals surface area contributed by atoms with Crippen molar-refractivity contribution in [3.63, 3.8) is 0 Å². The van der Waals surface area contributed by atoms with E-state index in [2.05, 4.69) is 41.7 Å². The molecule has 488 valence electrons. The molecular weight excluding hydrogens is 1210 g/mol. The van der Waals surface area contributed by atoms with Gasteiger partial charge in [0.25, 0.3) is 11.7 Å². The summed E-state index contributed by atoms with van der Waals surface area (Å²) in [4.78, 5) is 85.9. The van der Waals surface area contributed by atoms with Crippen LogP contribution in [0.3, 0.4) is 0 Å². The highest BCUT2D eigenvalue weighted by Crippen LogP contribution is 2.38. The van der Waals surface area contributed by atoms with Crippen LogP contribution in [0.1, 0.15) is 215 Å². The van der Waals surface area contributed by atoms with E-state index in [4.69, 9.17) is 33.2 Å². The summed E-state index contributed by atoms with van der Waals surface area (Å²) in [7, 11) is 4.54. The highest BCUT2D eigenvalue weighted by atomic mass is 127.